The van der Waals surface area contributed by atoms with E-state index in [1.165, 1.54) is 20.5 Å². The van der Waals surface area contributed by atoms with Gasteiger partial charge >= 0.3 is 11.9 Å². The van der Waals surface area contributed by atoms with Crippen molar-refractivity contribution in [3.8, 4) is 0 Å². The van der Waals surface area contributed by atoms with Gasteiger partial charge in [-0.2, -0.15) is 9.97 Å². The lowest BCUT2D eigenvalue weighted by molar-refractivity contribution is -0.168. The van der Waals surface area contributed by atoms with Gasteiger partial charge in [0.1, 0.15) is 5.52 Å². The van der Waals surface area contributed by atoms with Gasteiger partial charge in [0.15, 0.2) is 10.8 Å². The molecule has 1 fully saturated rings. The van der Waals surface area contributed by atoms with E-state index in [2.05, 4.69) is 15.0 Å². The molecule has 2 N–H and O–H groups in total. The van der Waals surface area contributed by atoms with Crippen LogP contribution < -0.4 is 5.73 Å². The molecule has 0 amide bonds. The third kappa shape index (κ3) is 2.37. The maximum atomic E-state index is 12.1. The lowest BCUT2D eigenvalue weighted by atomic mass is 9.69. The molecule has 2 aromatic rings. The summed E-state index contributed by atoms with van der Waals surface area (Å²) in [5.41, 5.74) is 6.40. The third-order valence-corrected chi connectivity index (χ3v) is 4.34. The van der Waals surface area contributed by atoms with E-state index >= 15 is 0 Å². The highest BCUT2D eigenvalue weighted by Crippen LogP contribution is 2.46. The van der Waals surface area contributed by atoms with E-state index in [4.69, 9.17) is 26.8 Å². The molecule has 0 aromatic carbocycles. The van der Waals surface area contributed by atoms with Crippen LogP contribution in [0.15, 0.2) is 6.33 Å². The van der Waals surface area contributed by atoms with Gasteiger partial charge in [-0.05, 0) is 6.42 Å². The van der Waals surface area contributed by atoms with Crippen molar-refractivity contribution < 1.29 is 19.1 Å². The van der Waals surface area contributed by atoms with Gasteiger partial charge in [-0.1, -0.05) is 11.6 Å². The largest absolute Gasteiger partial charge is 0.469 e. The van der Waals surface area contributed by atoms with Gasteiger partial charge in [-0.15, -0.1) is 0 Å². The van der Waals surface area contributed by atoms with Crippen molar-refractivity contribution in [3.05, 3.63) is 11.5 Å². The Bertz CT molecular complexity index is 792. The van der Waals surface area contributed by atoms with Crippen LogP contribution in [0, 0.1) is 11.8 Å². The molecule has 3 unspecified atom stereocenters. The zero-order valence-electron chi connectivity index (χ0n) is 12.4. The summed E-state index contributed by atoms with van der Waals surface area (Å²) in [4.78, 5) is 36.0. The standard InChI is InChI=1S/C13H14ClN5O4/c1-22-11(20)5-3-6(7(5)12(21)23-2)19-4-16-8-9(14)17-13(15)18-10(8)19/h4-7H,3H2,1-2H3,(H2,15,17,18). The van der Waals surface area contributed by atoms with E-state index in [9.17, 15) is 9.59 Å². The summed E-state index contributed by atoms with van der Waals surface area (Å²) in [6.45, 7) is 0. The number of nitrogen functional groups attached to an aromatic ring is 1. The molecule has 23 heavy (non-hydrogen) atoms. The molecule has 0 spiro atoms. The van der Waals surface area contributed by atoms with E-state index in [1.54, 1.807) is 4.57 Å². The van der Waals surface area contributed by atoms with Crippen LogP contribution in [0.25, 0.3) is 11.2 Å². The quantitative estimate of drug-likeness (QED) is 0.636. The van der Waals surface area contributed by atoms with Gasteiger partial charge in [0, 0.05) is 0 Å². The number of aromatic nitrogens is 4. The maximum absolute atomic E-state index is 12.1. The number of anilines is 1. The zero-order chi connectivity index (χ0) is 16.7. The Morgan fingerprint density at radius 1 is 1.30 bits per heavy atom. The molecule has 122 valence electrons. The van der Waals surface area contributed by atoms with Crippen molar-refractivity contribution in [2.75, 3.05) is 20.0 Å². The highest BCUT2D eigenvalue weighted by atomic mass is 35.5. The number of halogens is 1. The Kier molecular flexibility index (Phi) is 3.80. The fourth-order valence-corrected chi connectivity index (χ4v) is 3.12. The highest BCUT2D eigenvalue weighted by Gasteiger charge is 2.52. The Morgan fingerprint density at radius 2 is 2.00 bits per heavy atom. The maximum Gasteiger partial charge on any atom is 0.311 e. The molecule has 1 aliphatic carbocycles. The van der Waals surface area contributed by atoms with Gasteiger partial charge in [0.25, 0.3) is 0 Å². The molecule has 0 radical (unpaired) electrons. The third-order valence-electron chi connectivity index (χ3n) is 4.07. The number of imidazole rings is 1. The highest BCUT2D eigenvalue weighted by molar-refractivity contribution is 6.33. The summed E-state index contributed by atoms with van der Waals surface area (Å²) in [6.07, 6.45) is 1.90. The average Bonchev–Trinajstić information content (AvgIpc) is 2.89. The number of nitrogens with zero attached hydrogens (tertiary/aromatic N) is 4. The van der Waals surface area contributed by atoms with Crippen LogP contribution in [0.2, 0.25) is 5.15 Å². The number of carbonyl (C=O) groups is 2. The molecular formula is C13H14ClN5O4. The first-order valence-electron chi connectivity index (χ1n) is 6.79. The molecule has 0 saturated heterocycles. The van der Waals surface area contributed by atoms with Crippen LogP contribution in [0.5, 0.6) is 0 Å². The summed E-state index contributed by atoms with van der Waals surface area (Å²) >= 11 is 6.00. The van der Waals surface area contributed by atoms with Crippen LogP contribution in [-0.2, 0) is 19.1 Å². The van der Waals surface area contributed by atoms with Crippen LogP contribution >= 0.6 is 11.6 Å². The van der Waals surface area contributed by atoms with E-state index < -0.39 is 23.8 Å². The molecule has 9 nitrogen and oxygen atoms in total. The molecule has 2 aromatic heterocycles. The number of esters is 2. The minimum absolute atomic E-state index is 0.00251. The minimum atomic E-state index is -0.681. The fraction of sp³-hybridized carbons (Fsp3) is 0.462. The smallest absolute Gasteiger partial charge is 0.311 e. The topological polar surface area (TPSA) is 122 Å². The molecule has 3 atom stereocenters. The molecule has 1 aliphatic rings. The first-order chi connectivity index (χ1) is 11.0. The van der Waals surface area contributed by atoms with Gasteiger partial charge in [0.05, 0.1) is 38.4 Å². The van der Waals surface area contributed by atoms with Crippen molar-refractivity contribution in [2.45, 2.75) is 12.5 Å². The number of methoxy groups -OCH3 is 2. The van der Waals surface area contributed by atoms with Crippen LogP contribution in [0.4, 0.5) is 5.95 Å². The van der Waals surface area contributed by atoms with Gasteiger partial charge in [-0.3, -0.25) is 9.59 Å². The number of nitrogens with two attached hydrogens (primary N) is 1. The average molecular weight is 340 g/mol. The first-order valence-corrected chi connectivity index (χ1v) is 7.17. The predicted octanol–water partition coefficient (Wildman–Crippen LogP) is 0.585. The van der Waals surface area contributed by atoms with Crippen molar-refractivity contribution in [2.24, 2.45) is 11.8 Å². The predicted molar refractivity (Wildman–Crippen MR) is 79.4 cm³/mol. The first kappa shape index (κ1) is 15.5. The Balaban J connectivity index is 2.01. The number of ether oxygens (including phenoxy) is 2. The van der Waals surface area contributed by atoms with E-state index in [0.717, 1.165) is 0 Å². The zero-order valence-corrected chi connectivity index (χ0v) is 13.1. The number of hydrogen-bond acceptors (Lipinski definition) is 8. The van der Waals surface area contributed by atoms with Crippen molar-refractivity contribution >= 4 is 40.7 Å². The van der Waals surface area contributed by atoms with Crippen LogP contribution in [0.3, 0.4) is 0 Å². The molecule has 10 heteroatoms. The van der Waals surface area contributed by atoms with Crippen molar-refractivity contribution in [3.63, 3.8) is 0 Å². The molecular weight excluding hydrogens is 326 g/mol. The lowest BCUT2D eigenvalue weighted by Crippen LogP contribution is -2.47. The van der Waals surface area contributed by atoms with Gasteiger partial charge in [0.2, 0.25) is 5.95 Å². The van der Waals surface area contributed by atoms with E-state index in [1.807, 2.05) is 0 Å². The second-order valence-electron chi connectivity index (χ2n) is 5.18. The second-order valence-corrected chi connectivity index (χ2v) is 5.54. The van der Waals surface area contributed by atoms with E-state index in [0.29, 0.717) is 17.6 Å². The summed E-state index contributed by atoms with van der Waals surface area (Å²) in [6, 6.07) is -0.345. The summed E-state index contributed by atoms with van der Waals surface area (Å²) < 4.78 is 11.2. The van der Waals surface area contributed by atoms with Gasteiger partial charge in [-0.25, -0.2) is 4.98 Å². The minimum Gasteiger partial charge on any atom is -0.469 e. The van der Waals surface area contributed by atoms with Crippen molar-refractivity contribution in [1.29, 1.82) is 0 Å². The number of rotatable bonds is 3. The summed E-state index contributed by atoms with van der Waals surface area (Å²) in [7, 11) is 2.55. The molecule has 3 rings (SSSR count). The second kappa shape index (κ2) is 5.65. The fourth-order valence-electron chi connectivity index (χ4n) is 2.90. The Morgan fingerprint density at radius 3 is 2.65 bits per heavy atom. The summed E-state index contributed by atoms with van der Waals surface area (Å²) in [5.74, 6) is -2.19. The molecule has 2 heterocycles. The number of carbonyl (C=O) groups excluding carboxylic acids is 2. The van der Waals surface area contributed by atoms with Crippen molar-refractivity contribution in [1.82, 2.24) is 19.5 Å². The molecule has 1 saturated carbocycles. The number of hydrogen-bond donors (Lipinski definition) is 1. The Labute approximate surface area is 135 Å². The lowest BCUT2D eigenvalue weighted by Gasteiger charge is -2.41. The Hall–Kier alpha value is -2.42. The monoisotopic (exact) mass is 339 g/mol. The van der Waals surface area contributed by atoms with Crippen LogP contribution in [-0.4, -0.2) is 45.7 Å². The SMILES string of the molecule is COC(=O)C1CC(n2cnc3c(Cl)nc(N)nc32)C1C(=O)OC. The van der Waals surface area contributed by atoms with E-state index in [-0.39, 0.29) is 17.1 Å². The van der Waals surface area contributed by atoms with Gasteiger partial charge < -0.3 is 19.8 Å². The number of fused-ring (bicyclic) bond motifs is 1. The molecule has 0 aliphatic heterocycles. The summed E-state index contributed by atoms with van der Waals surface area (Å²) in [5, 5.41) is 0.129. The van der Waals surface area contributed by atoms with Crippen LogP contribution in [0.1, 0.15) is 12.5 Å². The normalized spacial score (nSPS) is 23.3. The molecule has 0 bridgehead atoms.